The van der Waals surface area contributed by atoms with E-state index in [-0.39, 0.29) is 11.7 Å². The molecule has 1 unspecified atom stereocenters. The van der Waals surface area contributed by atoms with Crippen molar-refractivity contribution in [3.8, 4) is 6.07 Å². The van der Waals surface area contributed by atoms with Gasteiger partial charge in [0.25, 0.3) is 0 Å². The number of nitriles is 1. The zero-order chi connectivity index (χ0) is 14.4. The minimum atomic E-state index is -3.41. The minimum Gasteiger partial charge on any atom is -0.212 e. The van der Waals surface area contributed by atoms with Crippen LogP contribution in [0.5, 0.6) is 0 Å². The lowest BCUT2D eigenvalue weighted by atomic mass is 9.91. The summed E-state index contributed by atoms with van der Waals surface area (Å²) in [5.74, 6) is 0.370. The van der Waals surface area contributed by atoms with Crippen LogP contribution in [0.3, 0.4) is 0 Å². The van der Waals surface area contributed by atoms with Crippen LogP contribution in [0.1, 0.15) is 43.7 Å². The second-order valence-electron chi connectivity index (χ2n) is 5.38. The molecule has 1 fully saturated rings. The zero-order valence-corrected chi connectivity index (χ0v) is 12.3. The van der Waals surface area contributed by atoms with E-state index < -0.39 is 16.1 Å². The van der Waals surface area contributed by atoms with E-state index in [0.29, 0.717) is 5.56 Å². The Kier molecular flexibility index (Phi) is 5.16. The van der Waals surface area contributed by atoms with Crippen LogP contribution in [0, 0.1) is 17.2 Å². The zero-order valence-electron chi connectivity index (χ0n) is 11.5. The van der Waals surface area contributed by atoms with Gasteiger partial charge in [0.15, 0.2) is 0 Å². The van der Waals surface area contributed by atoms with Crippen LogP contribution in [-0.4, -0.2) is 14.2 Å². The van der Waals surface area contributed by atoms with Crippen LogP contribution < -0.4 is 4.72 Å². The summed E-state index contributed by atoms with van der Waals surface area (Å²) in [7, 11) is -3.41. The summed E-state index contributed by atoms with van der Waals surface area (Å²) < 4.78 is 26.9. The second-order valence-corrected chi connectivity index (χ2v) is 7.17. The van der Waals surface area contributed by atoms with Gasteiger partial charge in [0.1, 0.15) is 6.04 Å². The van der Waals surface area contributed by atoms with Gasteiger partial charge in [0.05, 0.1) is 11.8 Å². The van der Waals surface area contributed by atoms with E-state index in [9.17, 15) is 13.7 Å². The summed E-state index contributed by atoms with van der Waals surface area (Å²) in [5.41, 5.74) is 0.683. The maximum atomic E-state index is 12.2. The predicted molar refractivity (Wildman–Crippen MR) is 78.3 cm³/mol. The number of hydrogen-bond acceptors (Lipinski definition) is 3. The van der Waals surface area contributed by atoms with Gasteiger partial charge in [-0.1, -0.05) is 49.6 Å². The first-order chi connectivity index (χ1) is 9.61. The molecule has 0 amide bonds. The average Bonchev–Trinajstić information content (AvgIpc) is 2.46. The van der Waals surface area contributed by atoms with E-state index in [4.69, 9.17) is 0 Å². The lowest BCUT2D eigenvalue weighted by molar-refractivity contribution is 0.383. The summed E-state index contributed by atoms with van der Waals surface area (Å²) in [6.45, 7) is 0. The average molecular weight is 292 g/mol. The van der Waals surface area contributed by atoms with Gasteiger partial charge in [-0.3, -0.25) is 0 Å². The topological polar surface area (TPSA) is 70.0 Å². The molecule has 1 aliphatic carbocycles. The summed E-state index contributed by atoms with van der Waals surface area (Å²) in [6, 6.07) is 10.2. The fourth-order valence-electron chi connectivity index (χ4n) is 2.71. The lowest BCUT2D eigenvalue weighted by Crippen LogP contribution is -2.33. The van der Waals surface area contributed by atoms with Crippen molar-refractivity contribution in [2.24, 2.45) is 5.92 Å². The molecule has 4 nitrogen and oxygen atoms in total. The third-order valence-electron chi connectivity index (χ3n) is 3.74. The van der Waals surface area contributed by atoms with Crippen molar-refractivity contribution in [1.82, 2.24) is 4.72 Å². The highest BCUT2D eigenvalue weighted by Crippen LogP contribution is 2.25. The highest BCUT2D eigenvalue weighted by Gasteiger charge is 2.24. The van der Waals surface area contributed by atoms with Crippen LogP contribution in [0.4, 0.5) is 0 Å². The molecule has 1 aromatic carbocycles. The Balaban J connectivity index is 2.01. The third kappa shape index (κ3) is 4.32. The molecule has 0 saturated heterocycles. The summed E-state index contributed by atoms with van der Waals surface area (Å²) in [4.78, 5) is 0. The van der Waals surface area contributed by atoms with Crippen LogP contribution in [-0.2, 0) is 10.0 Å². The predicted octanol–water partition coefficient (Wildman–Crippen LogP) is 2.75. The number of hydrogen-bond donors (Lipinski definition) is 1. The molecular formula is C15H20N2O2S. The number of nitrogens with one attached hydrogen (secondary N) is 1. The molecule has 1 N–H and O–H groups in total. The van der Waals surface area contributed by atoms with E-state index in [1.54, 1.807) is 24.3 Å². The Bertz CT molecular complexity index is 557. The van der Waals surface area contributed by atoms with Gasteiger partial charge < -0.3 is 0 Å². The van der Waals surface area contributed by atoms with Gasteiger partial charge in [-0.2, -0.15) is 9.98 Å². The molecule has 2 rings (SSSR count). The fraction of sp³-hybridized carbons (Fsp3) is 0.533. The van der Waals surface area contributed by atoms with Gasteiger partial charge in [-0.05, 0) is 24.3 Å². The summed E-state index contributed by atoms with van der Waals surface area (Å²) >= 11 is 0. The molecule has 0 radical (unpaired) electrons. The van der Waals surface area contributed by atoms with Gasteiger partial charge in [-0.15, -0.1) is 0 Å². The van der Waals surface area contributed by atoms with E-state index in [2.05, 4.69) is 4.72 Å². The smallest absolute Gasteiger partial charge is 0.212 e. The third-order valence-corrected chi connectivity index (χ3v) is 5.24. The molecular weight excluding hydrogens is 272 g/mol. The van der Waals surface area contributed by atoms with Gasteiger partial charge in [-0.25, -0.2) is 8.42 Å². The van der Waals surface area contributed by atoms with Crippen LogP contribution in [0.15, 0.2) is 30.3 Å². The van der Waals surface area contributed by atoms with E-state index in [0.717, 1.165) is 25.7 Å². The monoisotopic (exact) mass is 292 g/mol. The molecule has 1 aromatic rings. The maximum Gasteiger partial charge on any atom is 0.213 e. The Hall–Kier alpha value is -1.38. The van der Waals surface area contributed by atoms with Crippen molar-refractivity contribution in [2.75, 3.05) is 5.75 Å². The number of sulfonamides is 1. The standard InChI is InChI=1S/C15H20N2O2S/c16-11-15(14-9-5-2-6-10-14)17-20(18,19)12-13-7-3-1-4-8-13/h2,5-6,9-10,13,15,17H,1,3-4,7-8,12H2. The molecule has 0 spiro atoms. The molecule has 0 heterocycles. The number of benzene rings is 1. The molecule has 20 heavy (non-hydrogen) atoms. The quantitative estimate of drug-likeness (QED) is 0.907. The number of nitrogens with zero attached hydrogens (tertiary/aromatic N) is 1. The van der Waals surface area contributed by atoms with E-state index >= 15 is 0 Å². The van der Waals surface area contributed by atoms with Crippen molar-refractivity contribution in [3.05, 3.63) is 35.9 Å². The highest BCUT2D eigenvalue weighted by molar-refractivity contribution is 7.89. The normalized spacial score (nSPS) is 18.4. The maximum absolute atomic E-state index is 12.2. The highest BCUT2D eigenvalue weighted by atomic mass is 32.2. The lowest BCUT2D eigenvalue weighted by Gasteiger charge is -2.22. The first-order valence-electron chi connectivity index (χ1n) is 7.05. The Labute approximate surface area is 120 Å². The van der Waals surface area contributed by atoms with Crippen LogP contribution in [0.25, 0.3) is 0 Å². The first-order valence-corrected chi connectivity index (χ1v) is 8.70. The molecule has 1 aliphatic rings. The van der Waals surface area contributed by atoms with E-state index in [1.807, 2.05) is 12.1 Å². The SMILES string of the molecule is N#CC(NS(=O)(=O)CC1CCCCC1)c1ccccc1. The molecule has 1 saturated carbocycles. The minimum absolute atomic E-state index is 0.137. The van der Waals surface area contributed by atoms with Crippen LogP contribution in [0.2, 0.25) is 0 Å². The van der Waals surface area contributed by atoms with Gasteiger partial charge in [0.2, 0.25) is 10.0 Å². The summed E-state index contributed by atoms with van der Waals surface area (Å²) in [6.07, 6.45) is 5.38. The van der Waals surface area contributed by atoms with Gasteiger partial charge >= 0.3 is 0 Å². The van der Waals surface area contributed by atoms with Crippen molar-refractivity contribution in [2.45, 2.75) is 38.1 Å². The Morgan fingerprint density at radius 3 is 2.45 bits per heavy atom. The second kappa shape index (κ2) is 6.87. The summed E-state index contributed by atoms with van der Waals surface area (Å²) in [5, 5.41) is 9.17. The molecule has 0 aromatic heterocycles. The molecule has 5 heteroatoms. The van der Waals surface area contributed by atoms with Crippen molar-refractivity contribution in [1.29, 1.82) is 5.26 Å². The van der Waals surface area contributed by atoms with E-state index in [1.165, 1.54) is 6.42 Å². The van der Waals surface area contributed by atoms with Crippen molar-refractivity contribution >= 4 is 10.0 Å². The Morgan fingerprint density at radius 2 is 1.85 bits per heavy atom. The molecule has 0 aliphatic heterocycles. The Morgan fingerprint density at radius 1 is 1.20 bits per heavy atom. The van der Waals surface area contributed by atoms with Crippen molar-refractivity contribution < 1.29 is 8.42 Å². The van der Waals surface area contributed by atoms with Crippen LogP contribution >= 0.6 is 0 Å². The number of rotatable bonds is 5. The van der Waals surface area contributed by atoms with Crippen molar-refractivity contribution in [3.63, 3.8) is 0 Å². The first kappa shape index (κ1) is 15.0. The fourth-order valence-corrected chi connectivity index (χ4v) is 4.30. The van der Waals surface area contributed by atoms with Gasteiger partial charge in [0, 0.05) is 0 Å². The largest absolute Gasteiger partial charge is 0.213 e. The molecule has 0 bridgehead atoms. The molecule has 1 atom stereocenters. The molecule has 108 valence electrons.